The van der Waals surface area contributed by atoms with Crippen LogP contribution in [0.25, 0.3) is 0 Å². The van der Waals surface area contributed by atoms with Gasteiger partial charge < -0.3 is 15.3 Å². The van der Waals surface area contributed by atoms with Crippen molar-refractivity contribution in [2.45, 2.75) is 12.8 Å². The number of benzene rings is 1. The zero-order valence-corrected chi connectivity index (χ0v) is 6.56. The van der Waals surface area contributed by atoms with Crippen LogP contribution in [0, 0.1) is 0 Å². The molecule has 0 fully saturated rings. The standard InChI is InChI=1S/C9H10O4/c10-7-3-1-6(5-8(7)11)2-4-9(12)13/h1,3,5,10-11H,2,4H2,(H,12,13)/i2D,4D2. The molecule has 13 heavy (non-hydrogen) atoms. The van der Waals surface area contributed by atoms with Crippen molar-refractivity contribution in [1.82, 2.24) is 0 Å². The Balaban J connectivity index is 3.10. The van der Waals surface area contributed by atoms with Crippen molar-refractivity contribution in [2.24, 2.45) is 0 Å². The molecule has 0 spiro atoms. The zero-order chi connectivity index (χ0) is 12.5. The van der Waals surface area contributed by atoms with Crippen LogP contribution in [0.4, 0.5) is 0 Å². The number of hydrogen-bond donors (Lipinski definition) is 3. The lowest BCUT2D eigenvalue weighted by atomic mass is 10.1. The quantitative estimate of drug-likeness (QED) is 0.616. The van der Waals surface area contributed by atoms with E-state index in [0.29, 0.717) is 0 Å². The largest absolute Gasteiger partial charge is 0.504 e. The Labute approximate surface area is 79.3 Å². The molecule has 4 heteroatoms. The zero-order valence-electron chi connectivity index (χ0n) is 9.56. The minimum atomic E-state index is -2.76. The molecule has 0 saturated heterocycles. The fourth-order valence-electron chi connectivity index (χ4n) is 0.775. The number of hydrogen-bond acceptors (Lipinski definition) is 3. The molecular weight excluding hydrogens is 172 g/mol. The van der Waals surface area contributed by atoms with Gasteiger partial charge in [0.25, 0.3) is 0 Å². The van der Waals surface area contributed by atoms with Gasteiger partial charge in [-0.15, -0.1) is 0 Å². The number of rotatable bonds is 3. The first-order valence-electron chi connectivity index (χ1n) is 5.02. The topological polar surface area (TPSA) is 77.8 Å². The molecule has 0 heterocycles. The summed E-state index contributed by atoms with van der Waals surface area (Å²) in [5.41, 5.74) is -0.0253. The van der Waals surface area contributed by atoms with Gasteiger partial charge in [0.15, 0.2) is 11.5 Å². The number of aromatic hydroxyl groups is 2. The fraction of sp³-hybridized carbons (Fsp3) is 0.222. The third kappa shape index (κ3) is 2.66. The molecular formula is C9H10O4. The number of aryl methyl sites for hydroxylation is 1. The van der Waals surface area contributed by atoms with E-state index in [9.17, 15) is 4.79 Å². The highest BCUT2D eigenvalue weighted by Crippen LogP contribution is 2.25. The average molecular weight is 185 g/mol. The Morgan fingerprint density at radius 1 is 1.38 bits per heavy atom. The van der Waals surface area contributed by atoms with Crippen LogP contribution in [0.1, 0.15) is 16.0 Å². The van der Waals surface area contributed by atoms with Crippen LogP contribution in [-0.4, -0.2) is 21.3 Å². The number of carbonyl (C=O) groups is 1. The average Bonchev–Trinajstić information content (AvgIpc) is 2.20. The number of aliphatic carboxylic acids is 1. The highest BCUT2D eigenvalue weighted by atomic mass is 16.4. The Bertz CT molecular complexity index is 419. The maximum absolute atomic E-state index is 10.6. The maximum atomic E-state index is 10.6. The third-order valence-electron chi connectivity index (χ3n) is 1.36. The van der Waals surface area contributed by atoms with Gasteiger partial charge >= 0.3 is 5.97 Å². The molecule has 0 aromatic heterocycles. The summed E-state index contributed by atoms with van der Waals surface area (Å²) < 4.78 is 21.8. The van der Waals surface area contributed by atoms with E-state index in [4.69, 9.17) is 19.4 Å². The molecule has 1 atom stereocenters. The summed E-state index contributed by atoms with van der Waals surface area (Å²) in [4.78, 5) is 10.6. The van der Waals surface area contributed by atoms with Gasteiger partial charge in [0.2, 0.25) is 0 Å². The van der Waals surface area contributed by atoms with Crippen molar-refractivity contribution < 1.29 is 24.2 Å². The van der Waals surface area contributed by atoms with Crippen LogP contribution in [0.5, 0.6) is 11.5 Å². The molecule has 0 aliphatic rings. The molecule has 0 bridgehead atoms. The lowest BCUT2D eigenvalue weighted by Gasteiger charge is -2.01. The molecule has 3 N–H and O–H groups in total. The van der Waals surface area contributed by atoms with Crippen molar-refractivity contribution in [3.63, 3.8) is 0 Å². The van der Waals surface area contributed by atoms with Crippen LogP contribution in [0.15, 0.2) is 18.2 Å². The molecule has 0 amide bonds. The first-order valence-corrected chi connectivity index (χ1v) is 3.44. The van der Waals surface area contributed by atoms with Gasteiger partial charge in [0.1, 0.15) is 0 Å². The van der Waals surface area contributed by atoms with Gasteiger partial charge in [-0.1, -0.05) is 6.07 Å². The second-order valence-electron chi connectivity index (χ2n) is 2.34. The van der Waals surface area contributed by atoms with Gasteiger partial charge in [0.05, 0.1) is 0 Å². The van der Waals surface area contributed by atoms with Crippen LogP contribution in [-0.2, 0) is 11.2 Å². The van der Waals surface area contributed by atoms with Crippen LogP contribution in [0.2, 0.25) is 0 Å². The molecule has 1 unspecified atom stereocenters. The summed E-state index contributed by atoms with van der Waals surface area (Å²) in [6.45, 7) is 0. The van der Waals surface area contributed by atoms with E-state index in [1.807, 2.05) is 0 Å². The first kappa shape index (κ1) is 5.85. The lowest BCUT2D eigenvalue weighted by Crippen LogP contribution is -1.96. The lowest BCUT2D eigenvalue weighted by molar-refractivity contribution is -0.136. The van der Waals surface area contributed by atoms with Gasteiger partial charge in [-0.05, 0) is 24.1 Å². The van der Waals surface area contributed by atoms with Crippen LogP contribution < -0.4 is 0 Å². The number of carboxylic acid groups (broad SMARTS) is 1. The Morgan fingerprint density at radius 3 is 2.62 bits per heavy atom. The van der Waals surface area contributed by atoms with Crippen molar-refractivity contribution in [2.75, 3.05) is 0 Å². The van der Waals surface area contributed by atoms with E-state index in [1.165, 1.54) is 6.07 Å². The van der Waals surface area contributed by atoms with E-state index < -0.39 is 30.2 Å². The monoisotopic (exact) mass is 185 g/mol. The summed E-state index contributed by atoms with van der Waals surface area (Å²) in [5, 5.41) is 26.8. The van der Waals surface area contributed by atoms with Crippen molar-refractivity contribution in [3.05, 3.63) is 23.8 Å². The molecule has 1 rings (SSSR count). The van der Waals surface area contributed by atoms with Crippen molar-refractivity contribution in [3.8, 4) is 11.5 Å². The molecule has 0 aliphatic carbocycles. The predicted molar refractivity (Wildman–Crippen MR) is 45.7 cm³/mol. The Kier molecular flexibility index (Phi) is 1.71. The third-order valence-corrected chi connectivity index (χ3v) is 1.36. The highest BCUT2D eigenvalue weighted by Gasteiger charge is 2.02. The summed E-state index contributed by atoms with van der Waals surface area (Å²) in [5.74, 6) is -2.68. The Morgan fingerprint density at radius 2 is 2.08 bits per heavy atom. The maximum Gasteiger partial charge on any atom is 0.303 e. The summed E-state index contributed by atoms with van der Waals surface area (Å²) in [6, 6.07) is 3.23. The van der Waals surface area contributed by atoms with Gasteiger partial charge in [-0.25, -0.2) is 0 Å². The fourth-order valence-corrected chi connectivity index (χ4v) is 0.775. The molecule has 1 aromatic carbocycles. The van der Waals surface area contributed by atoms with Crippen molar-refractivity contribution in [1.29, 1.82) is 0 Å². The number of phenols is 2. The molecule has 0 aliphatic heterocycles. The number of carboxylic acids is 1. The highest BCUT2D eigenvalue weighted by molar-refractivity contribution is 5.67. The molecule has 0 radical (unpaired) electrons. The van der Waals surface area contributed by atoms with Gasteiger partial charge in [-0.2, -0.15) is 0 Å². The van der Waals surface area contributed by atoms with Gasteiger partial charge in [0, 0.05) is 10.5 Å². The second kappa shape index (κ2) is 3.80. The Hall–Kier alpha value is -1.71. The van der Waals surface area contributed by atoms with E-state index in [0.717, 1.165) is 12.1 Å². The molecule has 4 nitrogen and oxygen atoms in total. The predicted octanol–water partition coefficient (Wildman–Crippen LogP) is 1.11. The van der Waals surface area contributed by atoms with E-state index in [1.54, 1.807) is 0 Å². The number of phenolic OH excluding ortho intramolecular Hbond substituents is 2. The first-order chi connectivity index (χ1) is 7.26. The summed E-state index contributed by atoms with van der Waals surface area (Å²) in [7, 11) is 0. The molecule has 70 valence electrons. The minimum absolute atomic E-state index is 0.0253. The van der Waals surface area contributed by atoms with Crippen molar-refractivity contribution >= 4 is 5.97 Å². The van der Waals surface area contributed by atoms with Crippen LogP contribution in [0.3, 0.4) is 0 Å². The minimum Gasteiger partial charge on any atom is -0.504 e. The van der Waals surface area contributed by atoms with E-state index >= 15 is 0 Å². The normalized spacial score (nSPS) is 16.8. The molecule has 1 aromatic rings. The summed E-state index contributed by atoms with van der Waals surface area (Å²) >= 11 is 0. The second-order valence-corrected chi connectivity index (χ2v) is 2.34. The SMILES string of the molecule is [2H]C(c1ccc(O)c(O)c1)C([2H])([2H])C(=O)O. The van der Waals surface area contributed by atoms with Crippen LogP contribution >= 0.6 is 0 Å². The summed E-state index contributed by atoms with van der Waals surface area (Å²) in [6.07, 6.45) is -4.44. The van der Waals surface area contributed by atoms with Gasteiger partial charge in [-0.3, -0.25) is 4.79 Å². The molecule has 0 saturated carbocycles. The van der Waals surface area contributed by atoms with E-state index in [2.05, 4.69) is 0 Å². The van der Waals surface area contributed by atoms with E-state index in [-0.39, 0.29) is 5.56 Å². The smallest absolute Gasteiger partial charge is 0.303 e.